The zero-order valence-electron chi connectivity index (χ0n) is 19.4. The van der Waals surface area contributed by atoms with Gasteiger partial charge in [-0.25, -0.2) is 0 Å². The molecule has 176 valence electrons. The molecule has 2 aromatic carbocycles. The quantitative estimate of drug-likeness (QED) is 0.236. The average Bonchev–Trinajstić information content (AvgIpc) is 3.08. The van der Waals surface area contributed by atoms with Gasteiger partial charge in [-0.05, 0) is 69.2 Å². The first-order valence-corrected chi connectivity index (χ1v) is 11.3. The van der Waals surface area contributed by atoms with Crippen LogP contribution in [0.3, 0.4) is 0 Å². The SMILES string of the molecule is CCOCCCN1C(=O)C(=O)C(=C(O)c2ccc(OCC)cc2)C1c1ccc(OCC)cc1. The van der Waals surface area contributed by atoms with Crippen LogP contribution in [0.1, 0.15) is 44.4 Å². The molecule has 7 heteroatoms. The molecule has 1 atom stereocenters. The van der Waals surface area contributed by atoms with Crippen LogP contribution < -0.4 is 9.47 Å². The number of hydrogen-bond acceptors (Lipinski definition) is 6. The molecule has 1 aliphatic rings. The number of rotatable bonds is 11. The first kappa shape index (κ1) is 24.3. The van der Waals surface area contributed by atoms with Crippen LogP contribution in [0.25, 0.3) is 5.76 Å². The number of ether oxygens (including phenoxy) is 3. The van der Waals surface area contributed by atoms with Crippen LogP contribution in [0.4, 0.5) is 0 Å². The highest BCUT2D eigenvalue weighted by Crippen LogP contribution is 2.40. The van der Waals surface area contributed by atoms with Crippen molar-refractivity contribution in [1.82, 2.24) is 4.90 Å². The highest BCUT2D eigenvalue weighted by molar-refractivity contribution is 6.46. The van der Waals surface area contributed by atoms with E-state index in [9.17, 15) is 14.7 Å². The van der Waals surface area contributed by atoms with Crippen LogP contribution in [0, 0.1) is 0 Å². The van der Waals surface area contributed by atoms with Gasteiger partial charge >= 0.3 is 0 Å². The summed E-state index contributed by atoms with van der Waals surface area (Å²) in [4.78, 5) is 27.5. The zero-order chi connectivity index (χ0) is 23.8. The lowest BCUT2D eigenvalue weighted by Crippen LogP contribution is -2.31. The number of carbonyl (C=O) groups is 2. The van der Waals surface area contributed by atoms with Gasteiger partial charge in [-0.3, -0.25) is 9.59 Å². The number of likely N-dealkylation sites (tertiary alicyclic amines) is 1. The number of aliphatic hydroxyl groups excluding tert-OH is 1. The number of hydrogen-bond donors (Lipinski definition) is 1. The molecule has 0 spiro atoms. The summed E-state index contributed by atoms with van der Waals surface area (Å²) in [5.74, 6) is -0.174. The van der Waals surface area contributed by atoms with Crippen LogP contribution in [0.15, 0.2) is 54.1 Å². The van der Waals surface area contributed by atoms with Gasteiger partial charge in [0.1, 0.15) is 17.3 Å². The highest BCUT2D eigenvalue weighted by atomic mass is 16.5. The van der Waals surface area contributed by atoms with Crippen LogP contribution in [0.5, 0.6) is 11.5 Å². The minimum absolute atomic E-state index is 0.0738. The molecule has 1 unspecified atom stereocenters. The first-order chi connectivity index (χ1) is 16.0. The molecule has 3 rings (SSSR count). The van der Waals surface area contributed by atoms with E-state index in [1.54, 1.807) is 36.4 Å². The van der Waals surface area contributed by atoms with Crippen molar-refractivity contribution < 1.29 is 28.9 Å². The molecule has 0 bridgehead atoms. The van der Waals surface area contributed by atoms with Crippen LogP contribution in [0.2, 0.25) is 0 Å². The summed E-state index contributed by atoms with van der Waals surface area (Å²) in [7, 11) is 0. The van der Waals surface area contributed by atoms with Crippen molar-refractivity contribution in [3.8, 4) is 11.5 Å². The number of nitrogens with zero attached hydrogens (tertiary/aromatic N) is 1. The number of ketones is 1. The summed E-state index contributed by atoms with van der Waals surface area (Å²) >= 11 is 0. The number of carbonyl (C=O) groups excluding carboxylic acids is 2. The Morgan fingerprint density at radius 3 is 2.00 bits per heavy atom. The predicted octanol–water partition coefficient (Wildman–Crippen LogP) is 4.33. The molecule has 7 nitrogen and oxygen atoms in total. The second kappa shape index (κ2) is 11.5. The van der Waals surface area contributed by atoms with E-state index in [-0.39, 0.29) is 11.3 Å². The predicted molar refractivity (Wildman–Crippen MR) is 125 cm³/mol. The van der Waals surface area contributed by atoms with Crippen molar-refractivity contribution >= 4 is 17.4 Å². The summed E-state index contributed by atoms with van der Waals surface area (Å²) in [6.07, 6.45) is 0.581. The minimum Gasteiger partial charge on any atom is -0.507 e. The average molecular weight is 454 g/mol. The van der Waals surface area contributed by atoms with E-state index in [1.165, 1.54) is 4.90 Å². The normalized spacial score (nSPS) is 17.4. The van der Waals surface area contributed by atoms with Gasteiger partial charge in [0.25, 0.3) is 11.7 Å². The van der Waals surface area contributed by atoms with Gasteiger partial charge in [0.05, 0.1) is 24.8 Å². The fourth-order valence-electron chi connectivity index (χ4n) is 3.88. The van der Waals surface area contributed by atoms with E-state index >= 15 is 0 Å². The van der Waals surface area contributed by atoms with Crippen molar-refractivity contribution in [2.75, 3.05) is 33.0 Å². The molecule has 0 radical (unpaired) electrons. The van der Waals surface area contributed by atoms with E-state index in [0.717, 1.165) is 5.56 Å². The Morgan fingerprint density at radius 2 is 1.45 bits per heavy atom. The Balaban J connectivity index is 2.01. The monoisotopic (exact) mass is 453 g/mol. The number of amides is 1. The summed E-state index contributed by atoms with van der Waals surface area (Å²) in [5, 5.41) is 11.1. The molecular weight excluding hydrogens is 422 g/mol. The standard InChI is InChI=1S/C26H31NO6/c1-4-31-17-7-16-27-23(18-8-12-20(13-9-18)32-5-2)22(25(29)26(27)30)24(28)19-10-14-21(15-11-19)33-6-3/h8-15,23,28H,4-7,16-17H2,1-3H3. The van der Waals surface area contributed by atoms with Crippen LogP contribution >= 0.6 is 0 Å². The van der Waals surface area contributed by atoms with Crippen molar-refractivity contribution in [2.45, 2.75) is 33.2 Å². The van der Waals surface area contributed by atoms with Crippen molar-refractivity contribution in [1.29, 1.82) is 0 Å². The Morgan fingerprint density at radius 1 is 0.879 bits per heavy atom. The van der Waals surface area contributed by atoms with Crippen LogP contribution in [-0.4, -0.2) is 54.7 Å². The third-order valence-corrected chi connectivity index (χ3v) is 5.38. The lowest BCUT2D eigenvalue weighted by Gasteiger charge is -2.25. The molecule has 0 saturated carbocycles. The fraction of sp³-hybridized carbons (Fsp3) is 0.385. The van der Waals surface area contributed by atoms with Crippen molar-refractivity contribution in [3.05, 3.63) is 65.2 Å². The van der Waals surface area contributed by atoms with Gasteiger partial charge in [-0.2, -0.15) is 0 Å². The first-order valence-electron chi connectivity index (χ1n) is 11.3. The Hall–Kier alpha value is -3.32. The molecule has 1 N–H and O–H groups in total. The van der Waals surface area contributed by atoms with E-state index in [2.05, 4.69) is 0 Å². The minimum atomic E-state index is -0.700. The maximum Gasteiger partial charge on any atom is 0.295 e. The summed E-state index contributed by atoms with van der Waals surface area (Å²) < 4.78 is 16.4. The number of benzene rings is 2. The third-order valence-electron chi connectivity index (χ3n) is 5.38. The smallest absolute Gasteiger partial charge is 0.295 e. The molecule has 1 heterocycles. The van der Waals surface area contributed by atoms with Gasteiger partial charge in [-0.1, -0.05) is 12.1 Å². The maximum absolute atomic E-state index is 13.1. The third kappa shape index (κ3) is 5.54. The highest BCUT2D eigenvalue weighted by Gasteiger charge is 2.45. The topological polar surface area (TPSA) is 85.3 Å². The van der Waals surface area contributed by atoms with E-state index in [4.69, 9.17) is 14.2 Å². The second-order valence-electron chi connectivity index (χ2n) is 7.50. The van der Waals surface area contributed by atoms with E-state index in [0.29, 0.717) is 56.5 Å². The van der Waals surface area contributed by atoms with Gasteiger partial charge in [-0.15, -0.1) is 0 Å². The van der Waals surface area contributed by atoms with Gasteiger partial charge < -0.3 is 24.2 Å². The Labute approximate surface area is 194 Å². The summed E-state index contributed by atoms with van der Waals surface area (Å²) in [6.45, 7) is 8.15. The lowest BCUT2D eigenvalue weighted by molar-refractivity contribution is -0.140. The lowest BCUT2D eigenvalue weighted by atomic mass is 9.95. The summed E-state index contributed by atoms with van der Waals surface area (Å²) in [5.41, 5.74) is 1.24. The fourth-order valence-corrected chi connectivity index (χ4v) is 3.88. The molecule has 0 aromatic heterocycles. The molecule has 33 heavy (non-hydrogen) atoms. The molecule has 0 aliphatic carbocycles. The van der Waals surface area contributed by atoms with Crippen molar-refractivity contribution in [2.24, 2.45) is 0 Å². The second-order valence-corrected chi connectivity index (χ2v) is 7.50. The molecule has 1 aliphatic heterocycles. The molecule has 1 fully saturated rings. The largest absolute Gasteiger partial charge is 0.507 e. The van der Waals surface area contributed by atoms with Gasteiger partial charge in [0, 0.05) is 25.3 Å². The molecule has 1 saturated heterocycles. The molecule has 2 aromatic rings. The van der Waals surface area contributed by atoms with E-state index < -0.39 is 17.7 Å². The van der Waals surface area contributed by atoms with Crippen molar-refractivity contribution in [3.63, 3.8) is 0 Å². The molecular formula is C26H31NO6. The van der Waals surface area contributed by atoms with Gasteiger partial charge in [0.2, 0.25) is 0 Å². The van der Waals surface area contributed by atoms with Crippen LogP contribution in [-0.2, 0) is 14.3 Å². The Bertz CT molecular complexity index is 981. The van der Waals surface area contributed by atoms with E-state index in [1.807, 2.05) is 32.9 Å². The molecule has 1 amide bonds. The maximum atomic E-state index is 13.1. The number of aliphatic hydroxyl groups is 1. The van der Waals surface area contributed by atoms with Gasteiger partial charge in [0.15, 0.2) is 0 Å². The number of Topliss-reactive ketones (excluding diaryl/α,β-unsaturated/α-hetero) is 1. The zero-order valence-corrected chi connectivity index (χ0v) is 19.4. The Kier molecular flexibility index (Phi) is 8.49. The summed E-state index contributed by atoms with van der Waals surface area (Å²) in [6, 6.07) is 13.4.